The average Bonchev–Trinajstić information content (AvgIpc) is 2.47. The van der Waals surface area contributed by atoms with E-state index in [1.165, 1.54) is 5.56 Å². The van der Waals surface area contributed by atoms with E-state index in [4.69, 9.17) is 10.5 Å². The second-order valence-corrected chi connectivity index (χ2v) is 5.42. The Balaban J connectivity index is 0.00000264. The van der Waals surface area contributed by atoms with Crippen LogP contribution < -0.4 is 15.8 Å². The highest BCUT2D eigenvalue weighted by Gasteiger charge is 2.07. The molecule has 4 nitrogen and oxygen atoms in total. The van der Waals surface area contributed by atoms with Gasteiger partial charge >= 0.3 is 0 Å². The Bertz CT molecular complexity index is 687. The molecule has 23 heavy (non-hydrogen) atoms. The minimum absolute atomic E-state index is 0. The first-order valence-electron chi connectivity index (χ1n) is 7.32. The number of carbonyl (C=O) groups excluding carboxylic acids is 1. The largest absolute Gasteiger partial charge is 0.493 e. The number of nitrogens with two attached hydrogens (primary N) is 1. The van der Waals surface area contributed by atoms with Crippen LogP contribution in [0.3, 0.4) is 0 Å². The predicted octanol–water partition coefficient (Wildman–Crippen LogP) is 4.02. The van der Waals surface area contributed by atoms with Gasteiger partial charge in [0.25, 0.3) is 0 Å². The van der Waals surface area contributed by atoms with Gasteiger partial charge < -0.3 is 15.8 Å². The van der Waals surface area contributed by atoms with Crippen molar-refractivity contribution < 1.29 is 9.53 Å². The molecule has 124 valence electrons. The number of hydrogen-bond donors (Lipinski definition) is 2. The van der Waals surface area contributed by atoms with Gasteiger partial charge in [0.15, 0.2) is 0 Å². The van der Waals surface area contributed by atoms with E-state index in [2.05, 4.69) is 5.32 Å². The van der Waals surface area contributed by atoms with Gasteiger partial charge in [-0.2, -0.15) is 0 Å². The molecule has 0 saturated heterocycles. The van der Waals surface area contributed by atoms with E-state index in [1.54, 1.807) is 6.07 Å². The number of benzene rings is 2. The van der Waals surface area contributed by atoms with Crippen molar-refractivity contribution in [3.05, 3.63) is 53.1 Å². The van der Waals surface area contributed by atoms with Gasteiger partial charge in [0.05, 0.1) is 13.0 Å². The number of halogens is 1. The number of rotatable bonds is 5. The zero-order valence-corrected chi connectivity index (χ0v) is 14.5. The summed E-state index contributed by atoms with van der Waals surface area (Å²) in [5, 5.41) is 2.86. The molecule has 0 aromatic heterocycles. The first-order valence-corrected chi connectivity index (χ1v) is 7.32. The number of ether oxygens (including phenoxy) is 1. The van der Waals surface area contributed by atoms with E-state index in [0.29, 0.717) is 18.7 Å². The summed E-state index contributed by atoms with van der Waals surface area (Å²) < 4.78 is 5.69. The molecule has 3 N–H and O–H groups in total. The fourth-order valence-electron chi connectivity index (χ4n) is 2.12. The van der Waals surface area contributed by atoms with Crippen molar-refractivity contribution in [3.8, 4) is 5.75 Å². The van der Waals surface area contributed by atoms with Crippen molar-refractivity contribution in [2.45, 2.75) is 27.2 Å². The second-order valence-electron chi connectivity index (χ2n) is 5.42. The van der Waals surface area contributed by atoms with Crippen LogP contribution in [-0.4, -0.2) is 12.5 Å². The summed E-state index contributed by atoms with van der Waals surface area (Å²) in [6.07, 6.45) is 0.293. The fraction of sp³-hybridized carbons (Fsp3) is 0.278. The average molecular weight is 335 g/mol. The first-order chi connectivity index (χ1) is 10.5. The van der Waals surface area contributed by atoms with Gasteiger partial charge in [-0.05, 0) is 55.7 Å². The van der Waals surface area contributed by atoms with Gasteiger partial charge in [0, 0.05) is 11.4 Å². The third-order valence-corrected chi connectivity index (χ3v) is 3.68. The van der Waals surface area contributed by atoms with Crippen LogP contribution >= 0.6 is 12.4 Å². The minimum Gasteiger partial charge on any atom is -0.493 e. The number of carbonyl (C=O) groups is 1. The van der Waals surface area contributed by atoms with Crippen LogP contribution in [0.25, 0.3) is 0 Å². The van der Waals surface area contributed by atoms with E-state index >= 15 is 0 Å². The van der Waals surface area contributed by atoms with Crippen LogP contribution in [-0.2, 0) is 4.79 Å². The summed E-state index contributed by atoms with van der Waals surface area (Å²) in [7, 11) is 0. The quantitative estimate of drug-likeness (QED) is 0.811. The smallest absolute Gasteiger partial charge is 0.227 e. The monoisotopic (exact) mass is 334 g/mol. The second kappa shape index (κ2) is 8.44. The number of hydrogen-bond acceptors (Lipinski definition) is 3. The van der Waals surface area contributed by atoms with Crippen LogP contribution in [0.2, 0.25) is 0 Å². The summed E-state index contributed by atoms with van der Waals surface area (Å²) in [5.41, 5.74) is 10.4. The van der Waals surface area contributed by atoms with E-state index in [9.17, 15) is 4.79 Å². The van der Waals surface area contributed by atoms with Gasteiger partial charge in [-0.25, -0.2) is 0 Å². The van der Waals surface area contributed by atoms with Crippen molar-refractivity contribution in [1.29, 1.82) is 0 Å². The minimum atomic E-state index is -0.0843. The van der Waals surface area contributed by atoms with E-state index in [0.717, 1.165) is 22.6 Å². The molecule has 0 fully saturated rings. The van der Waals surface area contributed by atoms with Crippen molar-refractivity contribution in [3.63, 3.8) is 0 Å². The molecule has 0 unspecified atom stereocenters. The fourth-order valence-corrected chi connectivity index (χ4v) is 2.12. The zero-order chi connectivity index (χ0) is 16.1. The Kier molecular flexibility index (Phi) is 6.91. The third kappa shape index (κ3) is 5.18. The molecule has 0 heterocycles. The van der Waals surface area contributed by atoms with Crippen LogP contribution in [0.4, 0.5) is 11.4 Å². The molecule has 2 rings (SSSR count). The van der Waals surface area contributed by atoms with Crippen molar-refractivity contribution >= 4 is 29.7 Å². The summed E-state index contributed by atoms with van der Waals surface area (Å²) in [6, 6.07) is 11.4. The van der Waals surface area contributed by atoms with Gasteiger partial charge in [0.1, 0.15) is 5.75 Å². The van der Waals surface area contributed by atoms with Crippen LogP contribution in [0.1, 0.15) is 23.1 Å². The van der Waals surface area contributed by atoms with Crippen molar-refractivity contribution in [2.75, 3.05) is 17.7 Å². The van der Waals surface area contributed by atoms with Crippen LogP contribution in [0.15, 0.2) is 36.4 Å². The predicted molar refractivity (Wildman–Crippen MR) is 97.5 cm³/mol. The van der Waals surface area contributed by atoms with Crippen LogP contribution in [0, 0.1) is 20.8 Å². The highest BCUT2D eigenvalue weighted by molar-refractivity contribution is 5.92. The summed E-state index contributed by atoms with van der Waals surface area (Å²) in [4.78, 5) is 12.0. The molecule has 0 saturated carbocycles. The highest BCUT2D eigenvalue weighted by Crippen LogP contribution is 2.21. The maximum Gasteiger partial charge on any atom is 0.227 e. The lowest BCUT2D eigenvalue weighted by molar-refractivity contribution is -0.116. The molecule has 0 bridgehead atoms. The highest BCUT2D eigenvalue weighted by atomic mass is 35.5. The molecule has 1 amide bonds. The molecule has 2 aromatic carbocycles. The number of nitrogen functional groups attached to an aromatic ring is 1. The standard InChI is InChI=1S/C18H22N2O2.ClH/c1-12-5-4-6-17(14(12)3)22-10-9-18(21)20-16-11-15(19)8-7-13(16)2;/h4-8,11H,9-10,19H2,1-3H3,(H,20,21);1H. The normalized spacial score (nSPS) is 9.87. The number of anilines is 2. The Morgan fingerprint density at radius 1 is 1.13 bits per heavy atom. The molecular weight excluding hydrogens is 312 g/mol. The molecular formula is C18H23ClN2O2. The van der Waals surface area contributed by atoms with Crippen molar-refractivity contribution in [2.24, 2.45) is 0 Å². The van der Waals surface area contributed by atoms with Gasteiger partial charge in [-0.1, -0.05) is 18.2 Å². The molecule has 0 aliphatic carbocycles. The number of amides is 1. The topological polar surface area (TPSA) is 64.3 Å². The molecule has 0 atom stereocenters. The molecule has 0 radical (unpaired) electrons. The lowest BCUT2D eigenvalue weighted by atomic mass is 10.1. The van der Waals surface area contributed by atoms with E-state index in [-0.39, 0.29) is 18.3 Å². The van der Waals surface area contributed by atoms with Crippen LogP contribution in [0.5, 0.6) is 5.75 Å². The maximum absolute atomic E-state index is 12.0. The molecule has 0 spiro atoms. The molecule has 0 aliphatic rings. The summed E-state index contributed by atoms with van der Waals surface area (Å²) in [6.45, 7) is 6.33. The lowest BCUT2D eigenvalue weighted by Gasteiger charge is -2.12. The Morgan fingerprint density at radius 2 is 1.87 bits per heavy atom. The molecule has 2 aromatic rings. The Labute approximate surface area is 143 Å². The lowest BCUT2D eigenvalue weighted by Crippen LogP contribution is -2.16. The number of nitrogens with one attached hydrogen (secondary N) is 1. The third-order valence-electron chi connectivity index (χ3n) is 3.68. The number of aryl methyl sites for hydroxylation is 2. The summed E-state index contributed by atoms with van der Waals surface area (Å²) >= 11 is 0. The SMILES string of the molecule is Cc1ccc(N)cc1NC(=O)CCOc1cccc(C)c1C.Cl. The maximum atomic E-state index is 12.0. The molecule has 0 aliphatic heterocycles. The van der Waals surface area contributed by atoms with Gasteiger partial charge in [0.2, 0.25) is 5.91 Å². The zero-order valence-electron chi connectivity index (χ0n) is 13.7. The van der Waals surface area contributed by atoms with E-state index < -0.39 is 0 Å². The Morgan fingerprint density at radius 3 is 2.61 bits per heavy atom. The van der Waals surface area contributed by atoms with Gasteiger partial charge in [-0.3, -0.25) is 4.79 Å². The van der Waals surface area contributed by atoms with Gasteiger partial charge in [-0.15, -0.1) is 12.4 Å². The van der Waals surface area contributed by atoms with Crippen molar-refractivity contribution in [1.82, 2.24) is 0 Å². The van der Waals surface area contributed by atoms with E-state index in [1.807, 2.05) is 51.1 Å². The summed E-state index contributed by atoms with van der Waals surface area (Å²) in [5.74, 6) is 0.743. The first kappa shape index (κ1) is 18.8. The molecule has 5 heteroatoms. The Hall–Kier alpha value is -2.20.